The summed E-state index contributed by atoms with van der Waals surface area (Å²) < 4.78 is 27.5. The summed E-state index contributed by atoms with van der Waals surface area (Å²) in [5.74, 6) is -0.493. The second-order valence-electron chi connectivity index (χ2n) is 6.26. The number of Topliss-reactive ketones (excluding diaryl/α,β-unsaturated/α-hetero) is 1. The van der Waals surface area contributed by atoms with Crippen molar-refractivity contribution in [3.63, 3.8) is 0 Å². The predicted octanol–water partition coefficient (Wildman–Crippen LogP) is 4.35. The first kappa shape index (κ1) is 20.5. The van der Waals surface area contributed by atoms with Crippen molar-refractivity contribution >= 4 is 38.4 Å². The molecule has 29 heavy (non-hydrogen) atoms. The molecular formula is C21H17N3O3S2. The molecule has 3 rings (SSSR count). The van der Waals surface area contributed by atoms with Gasteiger partial charge in [0.25, 0.3) is 10.0 Å². The van der Waals surface area contributed by atoms with E-state index in [1.165, 1.54) is 18.2 Å². The number of carbonyl (C=O) groups is 1. The van der Waals surface area contributed by atoms with Crippen molar-refractivity contribution in [3.8, 4) is 6.07 Å². The van der Waals surface area contributed by atoms with Gasteiger partial charge in [-0.05, 0) is 37.6 Å². The number of anilines is 1. The molecule has 0 unspecified atom stereocenters. The van der Waals surface area contributed by atoms with E-state index in [9.17, 15) is 18.5 Å². The fraction of sp³-hybridized carbons (Fsp3) is 0.0952. The number of thiazole rings is 1. The van der Waals surface area contributed by atoms with Gasteiger partial charge < -0.3 is 0 Å². The van der Waals surface area contributed by atoms with Gasteiger partial charge in [0.2, 0.25) is 5.78 Å². The fourth-order valence-electron chi connectivity index (χ4n) is 2.53. The van der Waals surface area contributed by atoms with E-state index in [0.29, 0.717) is 5.69 Å². The Balaban J connectivity index is 1.88. The van der Waals surface area contributed by atoms with E-state index >= 15 is 0 Å². The lowest BCUT2D eigenvalue weighted by molar-refractivity contribution is 0.104. The Morgan fingerprint density at radius 3 is 2.38 bits per heavy atom. The molecule has 1 N–H and O–H groups in total. The number of benzene rings is 2. The highest BCUT2D eigenvalue weighted by atomic mass is 32.2. The first-order valence-electron chi connectivity index (χ1n) is 8.58. The number of rotatable bonds is 6. The Kier molecular flexibility index (Phi) is 5.92. The van der Waals surface area contributed by atoms with Crippen molar-refractivity contribution < 1.29 is 13.2 Å². The van der Waals surface area contributed by atoms with E-state index < -0.39 is 15.8 Å². The SMILES string of the molecule is Cc1ccc(S(=O)(=O)Nc2nc(C)c(C(=O)/C(C#N)=C\c3ccccc3)s2)cc1. The first-order chi connectivity index (χ1) is 13.8. The van der Waals surface area contributed by atoms with E-state index in [0.717, 1.165) is 22.5 Å². The summed E-state index contributed by atoms with van der Waals surface area (Å²) in [4.78, 5) is 17.3. The molecule has 1 aromatic heterocycles. The average Bonchev–Trinajstić information content (AvgIpc) is 3.06. The molecule has 0 aliphatic carbocycles. The Hall–Kier alpha value is -3.28. The molecule has 0 aliphatic rings. The van der Waals surface area contributed by atoms with Gasteiger partial charge in [0.15, 0.2) is 5.13 Å². The predicted molar refractivity (Wildman–Crippen MR) is 113 cm³/mol. The van der Waals surface area contributed by atoms with Gasteiger partial charge in [-0.3, -0.25) is 9.52 Å². The summed E-state index contributed by atoms with van der Waals surface area (Å²) in [6, 6.07) is 17.3. The highest BCUT2D eigenvalue weighted by molar-refractivity contribution is 7.93. The van der Waals surface area contributed by atoms with Crippen LogP contribution in [0.15, 0.2) is 65.1 Å². The number of aryl methyl sites for hydroxylation is 2. The standard InChI is InChI=1S/C21H17N3O3S2/c1-14-8-10-18(11-9-14)29(26,27)24-21-23-15(2)20(28-21)19(25)17(13-22)12-16-6-4-3-5-7-16/h3-12H,1-2H3,(H,23,24)/b17-12-. The van der Waals surface area contributed by atoms with Gasteiger partial charge in [-0.15, -0.1) is 0 Å². The molecule has 0 atom stereocenters. The minimum Gasteiger partial charge on any atom is -0.287 e. The van der Waals surface area contributed by atoms with E-state index in [2.05, 4.69) is 9.71 Å². The molecule has 0 radical (unpaired) electrons. The number of allylic oxidation sites excluding steroid dienone is 1. The van der Waals surface area contributed by atoms with Crippen LogP contribution < -0.4 is 4.72 Å². The molecule has 0 saturated heterocycles. The molecule has 0 spiro atoms. The number of carbonyl (C=O) groups excluding carboxylic acids is 1. The molecule has 6 nitrogen and oxygen atoms in total. The van der Waals surface area contributed by atoms with Crippen LogP contribution in [-0.4, -0.2) is 19.2 Å². The summed E-state index contributed by atoms with van der Waals surface area (Å²) >= 11 is 0.904. The zero-order valence-electron chi connectivity index (χ0n) is 15.7. The lowest BCUT2D eigenvalue weighted by atomic mass is 10.1. The number of nitrogens with one attached hydrogen (secondary N) is 1. The van der Waals surface area contributed by atoms with Crippen LogP contribution in [0.2, 0.25) is 0 Å². The van der Waals surface area contributed by atoms with Gasteiger partial charge in [0, 0.05) is 0 Å². The second-order valence-corrected chi connectivity index (χ2v) is 8.94. The Morgan fingerprint density at radius 1 is 1.10 bits per heavy atom. The smallest absolute Gasteiger partial charge is 0.263 e. The van der Waals surface area contributed by atoms with Crippen LogP contribution in [-0.2, 0) is 10.0 Å². The zero-order chi connectivity index (χ0) is 21.0. The molecule has 8 heteroatoms. The number of sulfonamides is 1. The molecule has 0 bridgehead atoms. The maximum absolute atomic E-state index is 12.8. The number of ketones is 1. The molecule has 2 aromatic carbocycles. The number of hydrogen-bond donors (Lipinski definition) is 1. The second kappa shape index (κ2) is 8.39. The van der Waals surface area contributed by atoms with Crippen LogP contribution in [0.5, 0.6) is 0 Å². The lowest BCUT2D eigenvalue weighted by Crippen LogP contribution is -2.12. The molecule has 146 valence electrons. The van der Waals surface area contributed by atoms with Crippen molar-refractivity contribution in [2.24, 2.45) is 0 Å². The number of aromatic nitrogens is 1. The van der Waals surface area contributed by atoms with Crippen LogP contribution in [0.4, 0.5) is 5.13 Å². The van der Waals surface area contributed by atoms with E-state index in [-0.39, 0.29) is 20.5 Å². The Labute approximate surface area is 173 Å². The van der Waals surface area contributed by atoms with E-state index in [4.69, 9.17) is 0 Å². The maximum Gasteiger partial charge on any atom is 0.263 e. The number of hydrogen-bond acceptors (Lipinski definition) is 6. The highest BCUT2D eigenvalue weighted by Crippen LogP contribution is 2.27. The van der Waals surface area contributed by atoms with Gasteiger partial charge in [-0.2, -0.15) is 5.26 Å². The van der Waals surface area contributed by atoms with Crippen LogP contribution >= 0.6 is 11.3 Å². The van der Waals surface area contributed by atoms with Crippen LogP contribution in [0.25, 0.3) is 6.08 Å². The lowest BCUT2D eigenvalue weighted by Gasteiger charge is -2.05. The van der Waals surface area contributed by atoms with Gasteiger partial charge in [0.05, 0.1) is 10.6 Å². The number of nitrogens with zero attached hydrogens (tertiary/aromatic N) is 2. The topological polar surface area (TPSA) is 99.9 Å². The van der Waals surface area contributed by atoms with Crippen LogP contribution in [0, 0.1) is 25.2 Å². The monoisotopic (exact) mass is 423 g/mol. The summed E-state index contributed by atoms with van der Waals surface area (Å²) in [6.07, 6.45) is 1.50. The molecule has 0 aliphatic heterocycles. The zero-order valence-corrected chi connectivity index (χ0v) is 17.3. The van der Waals surface area contributed by atoms with E-state index in [1.54, 1.807) is 43.3 Å². The normalized spacial score (nSPS) is 11.7. The summed E-state index contributed by atoms with van der Waals surface area (Å²) in [5.41, 5.74) is 1.97. The third-order valence-electron chi connectivity index (χ3n) is 4.03. The fourth-order valence-corrected chi connectivity index (χ4v) is 4.68. The van der Waals surface area contributed by atoms with Crippen molar-refractivity contribution in [2.45, 2.75) is 18.7 Å². The van der Waals surface area contributed by atoms with Crippen molar-refractivity contribution in [3.05, 3.63) is 81.9 Å². The van der Waals surface area contributed by atoms with Crippen LogP contribution in [0.1, 0.15) is 26.5 Å². The van der Waals surface area contributed by atoms with Crippen molar-refractivity contribution in [1.29, 1.82) is 5.26 Å². The first-order valence-corrected chi connectivity index (χ1v) is 10.9. The number of nitriles is 1. The third-order valence-corrected chi connectivity index (χ3v) is 6.59. The van der Waals surface area contributed by atoms with Crippen molar-refractivity contribution in [2.75, 3.05) is 4.72 Å². The van der Waals surface area contributed by atoms with Gasteiger partial charge in [0.1, 0.15) is 16.5 Å². The molecule has 1 heterocycles. The summed E-state index contributed by atoms with van der Waals surface area (Å²) in [6.45, 7) is 3.46. The van der Waals surface area contributed by atoms with Gasteiger partial charge in [-0.25, -0.2) is 13.4 Å². The average molecular weight is 424 g/mol. The summed E-state index contributed by atoms with van der Waals surface area (Å²) in [7, 11) is -3.83. The van der Waals surface area contributed by atoms with Crippen LogP contribution in [0.3, 0.4) is 0 Å². The highest BCUT2D eigenvalue weighted by Gasteiger charge is 2.22. The van der Waals surface area contributed by atoms with E-state index in [1.807, 2.05) is 19.1 Å². The largest absolute Gasteiger partial charge is 0.287 e. The van der Waals surface area contributed by atoms with Gasteiger partial charge >= 0.3 is 0 Å². The Morgan fingerprint density at radius 2 is 1.76 bits per heavy atom. The molecule has 0 amide bonds. The quantitative estimate of drug-likeness (QED) is 0.361. The summed E-state index contributed by atoms with van der Waals surface area (Å²) in [5, 5.41) is 9.48. The minimum atomic E-state index is -3.83. The third kappa shape index (κ3) is 4.77. The maximum atomic E-state index is 12.8. The van der Waals surface area contributed by atoms with Gasteiger partial charge in [-0.1, -0.05) is 59.4 Å². The molecule has 0 fully saturated rings. The van der Waals surface area contributed by atoms with Crippen molar-refractivity contribution in [1.82, 2.24) is 4.98 Å². The molecule has 3 aromatic rings. The molecular weight excluding hydrogens is 406 g/mol. The minimum absolute atomic E-state index is 0.0455. The Bertz CT molecular complexity index is 1220. The molecule has 0 saturated carbocycles.